The number of sulfone groups is 1. The highest BCUT2D eigenvalue weighted by molar-refractivity contribution is 7.95. The van der Waals surface area contributed by atoms with Gasteiger partial charge in [0.15, 0.2) is 9.84 Å². The maximum Gasteiger partial charge on any atom is 0.573 e. The van der Waals surface area contributed by atoms with Crippen molar-refractivity contribution >= 4 is 15.9 Å². The van der Waals surface area contributed by atoms with Crippen molar-refractivity contribution in [2.24, 2.45) is 0 Å². The molecule has 0 fully saturated rings. The van der Waals surface area contributed by atoms with Crippen molar-refractivity contribution in [3.63, 3.8) is 0 Å². The van der Waals surface area contributed by atoms with Gasteiger partial charge in [-0.2, -0.15) is 5.26 Å². The number of nitriles is 1. The Bertz CT molecular complexity index is 905. The fourth-order valence-electron chi connectivity index (χ4n) is 1.91. The normalized spacial score (nSPS) is 12.7. The van der Waals surface area contributed by atoms with E-state index in [2.05, 4.69) is 4.74 Å². The third kappa shape index (κ3) is 4.39. The molecule has 126 valence electrons. The van der Waals surface area contributed by atoms with E-state index in [-0.39, 0.29) is 5.75 Å². The Balaban J connectivity index is 2.38. The Morgan fingerprint density at radius 1 is 1.25 bits per heavy atom. The number of rotatable bonds is 4. The lowest BCUT2D eigenvalue weighted by Gasteiger charge is -2.11. The summed E-state index contributed by atoms with van der Waals surface area (Å²) in [5.74, 6) is -0.371. The van der Waals surface area contributed by atoms with E-state index in [1.54, 1.807) is 24.4 Å². The van der Waals surface area contributed by atoms with Crippen LogP contribution in [0.25, 0.3) is 11.8 Å². The molecule has 0 aliphatic heterocycles. The van der Waals surface area contributed by atoms with Crippen LogP contribution in [0.5, 0.6) is 5.75 Å². The highest BCUT2D eigenvalue weighted by atomic mass is 32.2. The summed E-state index contributed by atoms with van der Waals surface area (Å²) in [6.45, 7) is 0. The molecule has 24 heavy (non-hydrogen) atoms. The summed E-state index contributed by atoms with van der Waals surface area (Å²) in [7, 11) is -3.68. The van der Waals surface area contributed by atoms with Crippen LogP contribution in [0.15, 0.2) is 47.5 Å². The van der Waals surface area contributed by atoms with Gasteiger partial charge in [-0.3, -0.25) is 0 Å². The molecule has 0 spiro atoms. The van der Waals surface area contributed by atoms with Crippen LogP contribution in [-0.4, -0.2) is 25.6 Å². The predicted octanol–water partition coefficient (Wildman–Crippen LogP) is 3.28. The number of alkyl halides is 3. The van der Waals surface area contributed by atoms with Gasteiger partial charge in [-0.25, -0.2) is 8.42 Å². The smallest absolute Gasteiger partial charge is 0.406 e. The van der Waals surface area contributed by atoms with E-state index in [1.165, 1.54) is 22.8 Å². The first kappa shape index (κ1) is 17.6. The van der Waals surface area contributed by atoms with Crippen molar-refractivity contribution in [2.45, 2.75) is 6.36 Å². The lowest BCUT2D eigenvalue weighted by atomic mass is 10.3. The second kappa shape index (κ2) is 6.41. The van der Waals surface area contributed by atoms with Gasteiger partial charge in [-0.1, -0.05) is 0 Å². The molecule has 9 heteroatoms. The Morgan fingerprint density at radius 2 is 1.88 bits per heavy atom. The molecule has 0 saturated carbocycles. The van der Waals surface area contributed by atoms with Gasteiger partial charge in [-0.15, -0.1) is 13.2 Å². The Hall–Kier alpha value is -2.73. The summed E-state index contributed by atoms with van der Waals surface area (Å²) in [6.07, 6.45) is -1.09. The molecule has 1 aromatic carbocycles. The summed E-state index contributed by atoms with van der Waals surface area (Å²) in [5, 5.41) is 8.94. The van der Waals surface area contributed by atoms with Crippen LogP contribution in [0.2, 0.25) is 0 Å². The molecule has 0 unspecified atom stereocenters. The van der Waals surface area contributed by atoms with E-state index in [1.807, 2.05) is 0 Å². The Morgan fingerprint density at radius 3 is 2.38 bits per heavy atom. The van der Waals surface area contributed by atoms with Crippen molar-refractivity contribution in [2.75, 3.05) is 6.26 Å². The molecule has 0 atom stereocenters. The monoisotopic (exact) mass is 356 g/mol. The van der Waals surface area contributed by atoms with Gasteiger partial charge in [0.1, 0.15) is 16.7 Å². The summed E-state index contributed by atoms with van der Waals surface area (Å²) in [4.78, 5) is -0.417. The minimum Gasteiger partial charge on any atom is -0.406 e. The summed E-state index contributed by atoms with van der Waals surface area (Å²) >= 11 is 0. The SMILES string of the molecule is CS(=O)(=O)C(C#N)=Cc1cccn1-c1ccc(OC(F)(F)F)cc1. The molecule has 0 radical (unpaired) electrons. The molecular formula is C15H11F3N2O3S. The van der Waals surface area contributed by atoms with Crippen molar-refractivity contribution in [1.82, 2.24) is 4.57 Å². The van der Waals surface area contributed by atoms with Crippen LogP contribution in [-0.2, 0) is 9.84 Å². The first-order chi connectivity index (χ1) is 11.1. The first-order valence-electron chi connectivity index (χ1n) is 6.45. The molecule has 0 amide bonds. The van der Waals surface area contributed by atoms with Crippen LogP contribution in [0.1, 0.15) is 5.69 Å². The summed E-state index contributed by atoms with van der Waals surface area (Å²) in [5.41, 5.74) is 0.869. The van der Waals surface area contributed by atoms with E-state index >= 15 is 0 Å². The van der Waals surface area contributed by atoms with Gasteiger partial charge in [0.25, 0.3) is 0 Å². The van der Waals surface area contributed by atoms with Crippen LogP contribution in [0.4, 0.5) is 13.2 Å². The molecule has 2 rings (SSSR count). The van der Waals surface area contributed by atoms with Crippen molar-refractivity contribution in [3.8, 4) is 17.5 Å². The molecule has 1 aromatic heterocycles. The molecule has 0 aliphatic rings. The molecule has 0 bridgehead atoms. The molecule has 1 heterocycles. The van der Waals surface area contributed by atoms with Crippen LogP contribution in [0.3, 0.4) is 0 Å². The van der Waals surface area contributed by atoms with E-state index in [0.717, 1.165) is 18.4 Å². The van der Waals surface area contributed by atoms with Gasteiger partial charge in [0, 0.05) is 23.8 Å². The molecule has 0 aliphatic carbocycles. The molecule has 0 saturated heterocycles. The Kier molecular flexibility index (Phi) is 4.71. The van der Waals surface area contributed by atoms with Gasteiger partial charge < -0.3 is 9.30 Å². The Labute approximate surface area is 136 Å². The average molecular weight is 356 g/mol. The van der Waals surface area contributed by atoms with Gasteiger partial charge in [0.05, 0.1) is 0 Å². The number of halogens is 3. The molecular weight excluding hydrogens is 345 g/mol. The fourth-order valence-corrected chi connectivity index (χ4v) is 2.41. The standard InChI is InChI=1S/C15H11F3N2O3S/c1-24(21,22)14(10-19)9-12-3-2-8-20(12)11-4-6-13(7-5-11)23-15(16,17)18/h2-9H,1H3. The summed E-state index contributed by atoms with van der Waals surface area (Å²) < 4.78 is 64.7. The quantitative estimate of drug-likeness (QED) is 0.788. The zero-order valence-corrected chi connectivity index (χ0v) is 13.1. The molecule has 0 N–H and O–H groups in total. The number of benzene rings is 1. The van der Waals surface area contributed by atoms with E-state index in [0.29, 0.717) is 11.4 Å². The van der Waals surface area contributed by atoms with E-state index < -0.39 is 21.1 Å². The molecule has 5 nitrogen and oxygen atoms in total. The number of hydrogen-bond acceptors (Lipinski definition) is 4. The third-order valence-corrected chi connectivity index (χ3v) is 3.93. The minimum absolute atomic E-state index is 0.371. The summed E-state index contributed by atoms with van der Waals surface area (Å²) in [6, 6.07) is 9.83. The number of aromatic nitrogens is 1. The topological polar surface area (TPSA) is 72.1 Å². The maximum atomic E-state index is 12.2. The third-order valence-electron chi connectivity index (χ3n) is 2.92. The van der Waals surface area contributed by atoms with Crippen LogP contribution < -0.4 is 4.74 Å². The second-order valence-electron chi connectivity index (χ2n) is 4.74. The lowest BCUT2D eigenvalue weighted by molar-refractivity contribution is -0.274. The number of nitrogens with zero attached hydrogens (tertiary/aromatic N) is 2. The highest BCUT2D eigenvalue weighted by Crippen LogP contribution is 2.24. The van der Waals surface area contributed by atoms with Gasteiger partial charge in [-0.05, 0) is 42.5 Å². The second-order valence-corrected chi connectivity index (χ2v) is 6.72. The number of allylic oxidation sites excluding steroid dienone is 1. The largest absolute Gasteiger partial charge is 0.573 e. The average Bonchev–Trinajstić information content (AvgIpc) is 2.90. The predicted molar refractivity (Wildman–Crippen MR) is 80.9 cm³/mol. The van der Waals surface area contributed by atoms with Crippen LogP contribution >= 0.6 is 0 Å². The number of ether oxygens (including phenoxy) is 1. The minimum atomic E-state index is -4.78. The molecule has 2 aromatic rings. The first-order valence-corrected chi connectivity index (χ1v) is 8.35. The lowest BCUT2D eigenvalue weighted by Crippen LogP contribution is -2.17. The van der Waals surface area contributed by atoms with Crippen molar-refractivity contribution in [1.29, 1.82) is 5.26 Å². The number of hydrogen-bond donors (Lipinski definition) is 0. The fraction of sp³-hybridized carbons (Fsp3) is 0.133. The van der Waals surface area contributed by atoms with Gasteiger partial charge >= 0.3 is 6.36 Å². The van der Waals surface area contributed by atoms with E-state index in [4.69, 9.17) is 5.26 Å². The zero-order chi connectivity index (χ0) is 18.0. The van der Waals surface area contributed by atoms with Crippen LogP contribution in [0, 0.1) is 11.3 Å². The zero-order valence-electron chi connectivity index (χ0n) is 12.3. The maximum absolute atomic E-state index is 12.2. The van der Waals surface area contributed by atoms with Crippen molar-refractivity contribution < 1.29 is 26.3 Å². The van der Waals surface area contributed by atoms with Crippen molar-refractivity contribution in [3.05, 3.63) is 53.2 Å². The highest BCUT2D eigenvalue weighted by Gasteiger charge is 2.30. The van der Waals surface area contributed by atoms with Gasteiger partial charge in [0.2, 0.25) is 0 Å². The van der Waals surface area contributed by atoms with E-state index in [9.17, 15) is 21.6 Å².